The van der Waals surface area contributed by atoms with Gasteiger partial charge in [0.05, 0.1) is 10.4 Å². The topological polar surface area (TPSA) is 22.1 Å². The van der Waals surface area contributed by atoms with Crippen molar-refractivity contribution in [2.45, 2.75) is 12.8 Å². The van der Waals surface area contributed by atoms with Crippen LogP contribution in [-0.4, -0.2) is 4.98 Å². The van der Waals surface area contributed by atoms with Crippen LogP contribution < -0.4 is 4.74 Å². The first kappa shape index (κ1) is 12.4. The number of nitrogens with zero attached hydrogens (tertiary/aromatic N) is 1. The van der Waals surface area contributed by atoms with Crippen molar-refractivity contribution in [1.29, 1.82) is 0 Å². The van der Waals surface area contributed by atoms with Crippen molar-refractivity contribution in [3.05, 3.63) is 52.1 Å². The molecule has 0 saturated carbocycles. The lowest BCUT2D eigenvalue weighted by Gasteiger charge is -2.09. The van der Waals surface area contributed by atoms with E-state index in [9.17, 15) is 0 Å². The minimum Gasteiger partial charge on any atom is -0.438 e. The molecule has 0 N–H and O–H groups in total. The van der Waals surface area contributed by atoms with Gasteiger partial charge in [0, 0.05) is 11.8 Å². The number of rotatable bonds is 3. The molecule has 0 amide bonds. The van der Waals surface area contributed by atoms with Crippen LogP contribution in [0.15, 0.2) is 41.0 Å². The lowest BCUT2D eigenvalue weighted by atomic mass is 10.2. The number of benzene rings is 1. The molecule has 0 bridgehead atoms. The van der Waals surface area contributed by atoms with E-state index >= 15 is 0 Å². The molecule has 2 rings (SSSR count). The van der Waals surface area contributed by atoms with Crippen molar-refractivity contribution in [3.63, 3.8) is 0 Å². The molecule has 0 spiro atoms. The Kier molecular flexibility index (Phi) is 4.02. The number of ether oxygens (including phenoxy) is 1. The predicted molar refractivity (Wildman–Crippen MR) is 72.7 cm³/mol. The predicted octanol–water partition coefficient (Wildman–Crippen LogP) is 4.68. The number of hydrogen-bond acceptors (Lipinski definition) is 2. The van der Waals surface area contributed by atoms with Crippen LogP contribution in [0.4, 0.5) is 0 Å². The van der Waals surface area contributed by atoms with Gasteiger partial charge in [0.1, 0.15) is 5.75 Å². The summed E-state index contributed by atoms with van der Waals surface area (Å²) in [4.78, 5) is 4.18. The lowest BCUT2D eigenvalue weighted by molar-refractivity contribution is 0.455. The number of alkyl halides is 1. The molecule has 0 radical (unpaired) electrons. The Hall–Kier alpha value is -1.06. The van der Waals surface area contributed by atoms with E-state index in [0.29, 0.717) is 11.8 Å². The van der Waals surface area contributed by atoms with E-state index in [2.05, 4.69) is 20.9 Å². The second-order valence-electron chi connectivity index (χ2n) is 3.64. The van der Waals surface area contributed by atoms with E-state index in [1.54, 1.807) is 6.20 Å². The SMILES string of the molecule is Cc1ccc(Oc2ncccc2CCl)c(Br)c1. The first-order valence-electron chi connectivity index (χ1n) is 5.14. The molecule has 0 fully saturated rings. The van der Waals surface area contributed by atoms with Gasteiger partial charge in [0.15, 0.2) is 0 Å². The van der Waals surface area contributed by atoms with Crippen molar-refractivity contribution in [1.82, 2.24) is 4.98 Å². The third-order valence-corrected chi connectivity index (χ3v) is 3.20. The smallest absolute Gasteiger partial charge is 0.223 e. The van der Waals surface area contributed by atoms with Gasteiger partial charge in [0.2, 0.25) is 5.88 Å². The van der Waals surface area contributed by atoms with Crippen molar-refractivity contribution >= 4 is 27.5 Å². The second-order valence-corrected chi connectivity index (χ2v) is 4.76. The van der Waals surface area contributed by atoms with Gasteiger partial charge in [-0.3, -0.25) is 0 Å². The zero-order chi connectivity index (χ0) is 12.3. The van der Waals surface area contributed by atoms with Crippen LogP contribution in [0.5, 0.6) is 11.6 Å². The van der Waals surface area contributed by atoms with Gasteiger partial charge in [-0.1, -0.05) is 12.1 Å². The normalized spacial score (nSPS) is 10.3. The van der Waals surface area contributed by atoms with Crippen LogP contribution in [-0.2, 0) is 5.88 Å². The molecule has 1 aromatic carbocycles. The van der Waals surface area contributed by atoms with Crippen LogP contribution in [0.1, 0.15) is 11.1 Å². The average molecular weight is 313 g/mol. The summed E-state index contributed by atoms with van der Waals surface area (Å²) < 4.78 is 6.65. The standard InChI is InChI=1S/C13H11BrClNO/c1-9-4-5-12(11(14)7-9)17-13-10(8-15)3-2-6-16-13/h2-7H,8H2,1H3. The number of hydrogen-bond donors (Lipinski definition) is 0. The molecule has 1 heterocycles. The average Bonchev–Trinajstić information content (AvgIpc) is 2.33. The fraction of sp³-hybridized carbons (Fsp3) is 0.154. The van der Waals surface area contributed by atoms with Gasteiger partial charge >= 0.3 is 0 Å². The Morgan fingerprint density at radius 1 is 1.35 bits per heavy atom. The molecule has 2 nitrogen and oxygen atoms in total. The molecule has 17 heavy (non-hydrogen) atoms. The minimum absolute atomic E-state index is 0.382. The maximum atomic E-state index is 5.83. The summed E-state index contributed by atoms with van der Waals surface area (Å²) in [7, 11) is 0. The molecular formula is C13H11BrClNO. The van der Waals surface area contributed by atoms with Crippen LogP contribution in [0.3, 0.4) is 0 Å². The first-order valence-corrected chi connectivity index (χ1v) is 6.47. The number of halogens is 2. The molecule has 4 heteroatoms. The van der Waals surface area contributed by atoms with E-state index in [4.69, 9.17) is 16.3 Å². The molecule has 1 aromatic heterocycles. The quantitative estimate of drug-likeness (QED) is 0.767. The van der Waals surface area contributed by atoms with Crippen LogP contribution >= 0.6 is 27.5 Å². The highest BCUT2D eigenvalue weighted by atomic mass is 79.9. The van der Waals surface area contributed by atoms with Crippen LogP contribution in [0, 0.1) is 6.92 Å². The fourth-order valence-corrected chi connectivity index (χ4v) is 2.19. The van der Waals surface area contributed by atoms with Gasteiger partial charge in [-0.2, -0.15) is 0 Å². The zero-order valence-electron chi connectivity index (χ0n) is 9.28. The van der Waals surface area contributed by atoms with Crippen LogP contribution in [0.25, 0.3) is 0 Å². The highest BCUT2D eigenvalue weighted by Gasteiger charge is 2.07. The van der Waals surface area contributed by atoms with Crippen molar-refractivity contribution in [3.8, 4) is 11.6 Å². The maximum absolute atomic E-state index is 5.83. The van der Waals surface area contributed by atoms with E-state index in [0.717, 1.165) is 15.8 Å². The van der Waals surface area contributed by atoms with Crippen molar-refractivity contribution in [2.75, 3.05) is 0 Å². The minimum atomic E-state index is 0.382. The van der Waals surface area contributed by atoms with Gasteiger partial charge in [-0.15, -0.1) is 11.6 Å². The highest BCUT2D eigenvalue weighted by Crippen LogP contribution is 2.31. The van der Waals surface area contributed by atoms with Gasteiger partial charge in [-0.25, -0.2) is 4.98 Å². The van der Waals surface area contributed by atoms with E-state index < -0.39 is 0 Å². The first-order chi connectivity index (χ1) is 8.20. The Morgan fingerprint density at radius 3 is 2.88 bits per heavy atom. The van der Waals surface area contributed by atoms with E-state index in [1.807, 2.05) is 37.3 Å². The van der Waals surface area contributed by atoms with Gasteiger partial charge in [-0.05, 0) is 46.6 Å². The molecule has 0 aliphatic heterocycles. The summed E-state index contributed by atoms with van der Waals surface area (Å²) in [6, 6.07) is 9.64. The van der Waals surface area contributed by atoms with Crippen LogP contribution in [0.2, 0.25) is 0 Å². The third-order valence-electron chi connectivity index (χ3n) is 2.29. The van der Waals surface area contributed by atoms with Gasteiger partial charge in [0.25, 0.3) is 0 Å². The molecule has 0 unspecified atom stereocenters. The monoisotopic (exact) mass is 311 g/mol. The molecule has 0 aliphatic rings. The van der Waals surface area contributed by atoms with E-state index in [1.165, 1.54) is 5.56 Å². The van der Waals surface area contributed by atoms with Crippen molar-refractivity contribution < 1.29 is 4.74 Å². The number of aryl methyl sites for hydroxylation is 1. The summed E-state index contributed by atoms with van der Waals surface area (Å²) in [5.41, 5.74) is 2.05. The Labute approximate surface area is 114 Å². The molecular weight excluding hydrogens is 302 g/mol. The molecule has 88 valence electrons. The summed E-state index contributed by atoms with van der Waals surface area (Å²) in [6.07, 6.45) is 1.69. The highest BCUT2D eigenvalue weighted by molar-refractivity contribution is 9.10. The maximum Gasteiger partial charge on any atom is 0.223 e. The Bertz CT molecular complexity index is 531. The zero-order valence-corrected chi connectivity index (χ0v) is 11.6. The second kappa shape index (κ2) is 5.52. The Balaban J connectivity index is 2.31. The van der Waals surface area contributed by atoms with Crippen molar-refractivity contribution in [2.24, 2.45) is 0 Å². The molecule has 2 aromatic rings. The largest absolute Gasteiger partial charge is 0.438 e. The third kappa shape index (κ3) is 2.99. The van der Waals surface area contributed by atoms with Gasteiger partial charge < -0.3 is 4.74 Å². The summed E-state index contributed by atoms with van der Waals surface area (Å²) in [5, 5.41) is 0. The lowest BCUT2D eigenvalue weighted by Crippen LogP contribution is -1.93. The number of pyridine rings is 1. The van der Waals surface area contributed by atoms with E-state index in [-0.39, 0.29) is 0 Å². The summed E-state index contributed by atoms with van der Waals surface area (Å²) >= 11 is 9.30. The number of aromatic nitrogens is 1. The molecule has 0 atom stereocenters. The molecule has 0 saturated heterocycles. The molecule has 0 aliphatic carbocycles. The summed E-state index contributed by atoms with van der Waals surface area (Å²) in [5.74, 6) is 1.67. The fourth-order valence-electron chi connectivity index (χ4n) is 1.41. The Morgan fingerprint density at radius 2 is 2.18 bits per heavy atom. The summed E-state index contributed by atoms with van der Waals surface area (Å²) in [6.45, 7) is 2.03.